The number of hydrogen-bond acceptors (Lipinski definition) is 5. The molecule has 1 aliphatic rings. The lowest BCUT2D eigenvalue weighted by Crippen LogP contribution is -2.43. The Kier molecular flexibility index (Phi) is 3.42. The minimum Gasteiger partial charge on any atom is -0.377 e. The zero-order chi connectivity index (χ0) is 13.9. The first-order valence-electron chi connectivity index (χ1n) is 6.41. The number of carbonyl (C=O) groups is 1. The number of ether oxygens (including phenoxy) is 1. The Labute approximate surface area is 116 Å². The van der Waals surface area contributed by atoms with Gasteiger partial charge in [0.05, 0.1) is 36.7 Å². The molecule has 3 heterocycles. The Morgan fingerprint density at radius 3 is 2.90 bits per heavy atom. The molecule has 2 aromatic rings. The van der Waals surface area contributed by atoms with Crippen molar-refractivity contribution in [3.05, 3.63) is 41.7 Å². The predicted octanol–water partition coefficient (Wildman–Crippen LogP) is 0.722. The molecule has 0 aromatic carbocycles. The lowest BCUT2D eigenvalue weighted by Gasteiger charge is -2.35. The third-order valence-electron chi connectivity index (χ3n) is 3.40. The smallest absolute Gasteiger partial charge is 0.257 e. The molecule has 1 atom stereocenters. The number of nitrogens with one attached hydrogen (secondary N) is 1. The molecule has 1 amide bonds. The summed E-state index contributed by atoms with van der Waals surface area (Å²) < 4.78 is 5.50. The summed E-state index contributed by atoms with van der Waals surface area (Å²) in [6, 6.07) is -0.154. The molecule has 1 aliphatic heterocycles. The third-order valence-corrected chi connectivity index (χ3v) is 3.40. The first-order valence-corrected chi connectivity index (χ1v) is 6.41. The maximum absolute atomic E-state index is 12.6. The molecule has 1 fully saturated rings. The fraction of sp³-hybridized carbons (Fsp3) is 0.385. The van der Waals surface area contributed by atoms with E-state index in [1.54, 1.807) is 11.1 Å². The van der Waals surface area contributed by atoms with Crippen molar-refractivity contribution in [3.63, 3.8) is 0 Å². The van der Waals surface area contributed by atoms with Gasteiger partial charge in [-0.2, -0.15) is 5.10 Å². The van der Waals surface area contributed by atoms with Crippen molar-refractivity contribution in [3.8, 4) is 0 Å². The van der Waals surface area contributed by atoms with Gasteiger partial charge in [0.25, 0.3) is 5.91 Å². The predicted molar refractivity (Wildman–Crippen MR) is 70.0 cm³/mol. The Morgan fingerprint density at radius 2 is 2.20 bits per heavy atom. The highest BCUT2D eigenvalue weighted by Crippen LogP contribution is 2.26. The number of aromatic amines is 1. The van der Waals surface area contributed by atoms with Crippen molar-refractivity contribution in [2.75, 3.05) is 19.8 Å². The lowest BCUT2D eigenvalue weighted by molar-refractivity contribution is -0.00412. The molecule has 1 N–H and O–H groups in total. The highest BCUT2D eigenvalue weighted by Gasteiger charge is 2.31. The normalized spacial score (nSPS) is 19.1. The van der Waals surface area contributed by atoms with Crippen LogP contribution in [0.5, 0.6) is 0 Å². The molecule has 3 rings (SSSR count). The molecule has 20 heavy (non-hydrogen) atoms. The van der Waals surface area contributed by atoms with Gasteiger partial charge in [-0.05, 0) is 12.5 Å². The Bertz CT molecular complexity index is 598. The second kappa shape index (κ2) is 5.38. The van der Waals surface area contributed by atoms with Crippen LogP contribution >= 0.6 is 0 Å². The number of carbonyl (C=O) groups excluding carboxylic acids is 1. The summed E-state index contributed by atoms with van der Waals surface area (Å²) in [6.07, 6.45) is 6.22. The highest BCUT2D eigenvalue weighted by molar-refractivity contribution is 5.94. The Morgan fingerprint density at radius 1 is 1.40 bits per heavy atom. The SMILES string of the molecule is Cc1cn[nH]c1[C@H]1COCCN1C(=O)c1cncnc1. The summed E-state index contributed by atoms with van der Waals surface area (Å²) in [7, 11) is 0. The molecular weight excluding hydrogens is 258 g/mol. The first kappa shape index (κ1) is 12.7. The van der Waals surface area contributed by atoms with Crippen molar-refractivity contribution in [2.45, 2.75) is 13.0 Å². The number of hydrogen-bond donors (Lipinski definition) is 1. The van der Waals surface area contributed by atoms with Crippen LogP contribution in [0.3, 0.4) is 0 Å². The Balaban J connectivity index is 1.90. The van der Waals surface area contributed by atoms with Crippen LogP contribution in [0.25, 0.3) is 0 Å². The first-order chi connectivity index (χ1) is 9.77. The molecule has 0 spiro atoms. The standard InChI is InChI=1S/C13H15N5O2/c1-9-4-16-17-12(9)11-7-20-3-2-18(11)13(19)10-5-14-8-15-6-10/h4-6,8,11H,2-3,7H2,1H3,(H,16,17)/t11-/m1/s1. The van der Waals surface area contributed by atoms with Gasteiger partial charge < -0.3 is 9.64 Å². The van der Waals surface area contributed by atoms with Gasteiger partial charge in [0.1, 0.15) is 6.33 Å². The second-order valence-electron chi connectivity index (χ2n) is 4.68. The van der Waals surface area contributed by atoms with Crippen LogP contribution in [0.2, 0.25) is 0 Å². The zero-order valence-corrected chi connectivity index (χ0v) is 11.1. The molecule has 7 heteroatoms. The monoisotopic (exact) mass is 273 g/mol. The van der Waals surface area contributed by atoms with E-state index < -0.39 is 0 Å². The number of aromatic nitrogens is 4. The largest absolute Gasteiger partial charge is 0.377 e. The van der Waals surface area contributed by atoms with Gasteiger partial charge in [-0.15, -0.1) is 0 Å². The highest BCUT2D eigenvalue weighted by atomic mass is 16.5. The van der Waals surface area contributed by atoms with Gasteiger partial charge in [0.15, 0.2) is 0 Å². The molecule has 0 aliphatic carbocycles. The number of aryl methyl sites for hydroxylation is 1. The number of morpholine rings is 1. The molecule has 1 saturated heterocycles. The van der Waals surface area contributed by atoms with E-state index in [1.807, 2.05) is 6.92 Å². The van der Waals surface area contributed by atoms with Crippen molar-refractivity contribution in [2.24, 2.45) is 0 Å². The van der Waals surface area contributed by atoms with Gasteiger partial charge in [0.2, 0.25) is 0 Å². The Hall–Kier alpha value is -2.28. The molecule has 0 radical (unpaired) electrons. The van der Waals surface area contributed by atoms with Crippen LogP contribution in [-0.4, -0.2) is 50.7 Å². The maximum Gasteiger partial charge on any atom is 0.257 e. The van der Waals surface area contributed by atoms with E-state index in [0.717, 1.165) is 11.3 Å². The summed E-state index contributed by atoms with van der Waals surface area (Å²) in [5, 5.41) is 6.98. The van der Waals surface area contributed by atoms with E-state index in [0.29, 0.717) is 25.3 Å². The van der Waals surface area contributed by atoms with Crippen molar-refractivity contribution < 1.29 is 9.53 Å². The average Bonchev–Trinajstić information content (AvgIpc) is 2.93. The van der Waals surface area contributed by atoms with Crippen molar-refractivity contribution in [1.82, 2.24) is 25.1 Å². The van der Waals surface area contributed by atoms with Gasteiger partial charge in [-0.1, -0.05) is 0 Å². The van der Waals surface area contributed by atoms with Crippen LogP contribution in [0.1, 0.15) is 27.7 Å². The number of H-pyrrole nitrogens is 1. The summed E-state index contributed by atoms with van der Waals surface area (Å²) in [5.74, 6) is -0.0899. The van der Waals surface area contributed by atoms with Crippen molar-refractivity contribution in [1.29, 1.82) is 0 Å². The van der Waals surface area contributed by atoms with E-state index in [-0.39, 0.29) is 11.9 Å². The van der Waals surface area contributed by atoms with Gasteiger partial charge >= 0.3 is 0 Å². The number of nitrogens with zero attached hydrogens (tertiary/aromatic N) is 4. The van der Waals surface area contributed by atoms with E-state index in [1.165, 1.54) is 18.7 Å². The summed E-state index contributed by atoms with van der Waals surface area (Å²) >= 11 is 0. The quantitative estimate of drug-likeness (QED) is 0.871. The maximum atomic E-state index is 12.6. The van der Waals surface area contributed by atoms with E-state index in [9.17, 15) is 4.79 Å². The molecule has 0 bridgehead atoms. The molecule has 0 saturated carbocycles. The summed E-state index contributed by atoms with van der Waals surface area (Å²) in [4.78, 5) is 22.1. The minimum absolute atomic E-state index is 0.0899. The minimum atomic E-state index is -0.154. The van der Waals surface area contributed by atoms with E-state index >= 15 is 0 Å². The van der Waals surface area contributed by atoms with Crippen LogP contribution < -0.4 is 0 Å². The van der Waals surface area contributed by atoms with Gasteiger partial charge in [0, 0.05) is 18.9 Å². The summed E-state index contributed by atoms with van der Waals surface area (Å²) in [6.45, 7) is 3.49. The molecular formula is C13H15N5O2. The van der Waals surface area contributed by atoms with E-state index in [4.69, 9.17) is 4.74 Å². The van der Waals surface area contributed by atoms with Gasteiger partial charge in [-0.25, -0.2) is 9.97 Å². The molecule has 2 aromatic heterocycles. The number of rotatable bonds is 2. The topological polar surface area (TPSA) is 84.0 Å². The van der Waals surface area contributed by atoms with Crippen LogP contribution in [0.4, 0.5) is 0 Å². The van der Waals surface area contributed by atoms with Crippen LogP contribution in [0.15, 0.2) is 24.9 Å². The molecule has 104 valence electrons. The van der Waals surface area contributed by atoms with E-state index in [2.05, 4.69) is 20.2 Å². The fourth-order valence-electron chi connectivity index (χ4n) is 2.35. The van der Waals surface area contributed by atoms with Crippen LogP contribution in [0, 0.1) is 6.92 Å². The molecule has 0 unspecified atom stereocenters. The third kappa shape index (κ3) is 2.27. The fourth-order valence-corrected chi connectivity index (χ4v) is 2.35. The second-order valence-corrected chi connectivity index (χ2v) is 4.68. The number of amides is 1. The average molecular weight is 273 g/mol. The zero-order valence-electron chi connectivity index (χ0n) is 11.1. The summed E-state index contributed by atoms with van der Waals surface area (Å²) in [5.41, 5.74) is 2.41. The molecule has 7 nitrogen and oxygen atoms in total. The van der Waals surface area contributed by atoms with Crippen molar-refractivity contribution >= 4 is 5.91 Å². The lowest BCUT2D eigenvalue weighted by atomic mass is 10.1. The van der Waals surface area contributed by atoms with Gasteiger partial charge in [-0.3, -0.25) is 9.89 Å². The van der Waals surface area contributed by atoms with Crippen LogP contribution in [-0.2, 0) is 4.74 Å².